The predicted octanol–water partition coefficient (Wildman–Crippen LogP) is 3.14. The summed E-state index contributed by atoms with van der Waals surface area (Å²) in [6, 6.07) is 2.51. The molecule has 0 spiro atoms. The van der Waals surface area contributed by atoms with E-state index in [4.69, 9.17) is 5.11 Å². The Morgan fingerprint density at radius 1 is 1.35 bits per heavy atom. The number of hydrogen-bond donors (Lipinski definition) is 1. The summed E-state index contributed by atoms with van der Waals surface area (Å²) in [5.41, 5.74) is -1.09. The summed E-state index contributed by atoms with van der Waals surface area (Å²) in [6.07, 6.45) is -4.79. The number of aliphatic carboxylic acids is 1. The lowest BCUT2D eigenvalue weighted by Crippen LogP contribution is -2.27. The highest BCUT2D eigenvalue weighted by Crippen LogP contribution is 2.33. The molecule has 1 rings (SSSR count). The summed E-state index contributed by atoms with van der Waals surface area (Å²) in [5.74, 6) is -1.96. The second-order valence-corrected chi connectivity index (χ2v) is 4.31. The molecule has 0 unspecified atom stereocenters. The molecule has 0 saturated carbocycles. The average molecular weight is 293 g/mol. The lowest BCUT2D eigenvalue weighted by Gasteiger charge is -2.22. The van der Waals surface area contributed by atoms with Crippen LogP contribution in [0.3, 0.4) is 0 Å². The maximum absolute atomic E-state index is 13.0. The second-order valence-electron chi connectivity index (χ2n) is 4.31. The van der Waals surface area contributed by atoms with Gasteiger partial charge in [-0.2, -0.15) is 13.2 Å². The molecule has 0 aliphatic heterocycles. The normalized spacial score (nSPS) is 11.9. The smallest absolute Gasteiger partial charge is 0.416 e. The third-order valence-corrected chi connectivity index (χ3v) is 2.86. The highest BCUT2D eigenvalue weighted by atomic mass is 19.4. The molecule has 0 aliphatic rings. The molecular weight excluding hydrogens is 278 g/mol. The number of nitrogens with zero attached hydrogens (tertiary/aromatic N) is 1. The van der Waals surface area contributed by atoms with Gasteiger partial charge >= 0.3 is 12.1 Å². The number of alkyl halides is 3. The molecule has 0 fully saturated rings. The molecule has 1 N–H and O–H groups in total. The van der Waals surface area contributed by atoms with Crippen LogP contribution in [0.15, 0.2) is 18.2 Å². The van der Waals surface area contributed by atoms with Gasteiger partial charge in [-0.15, -0.1) is 0 Å². The van der Waals surface area contributed by atoms with Crippen molar-refractivity contribution in [2.45, 2.75) is 26.1 Å². The minimum Gasteiger partial charge on any atom is -0.481 e. The van der Waals surface area contributed by atoms with Gasteiger partial charge in [0.15, 0.2) is 0 Å². The van der Waals surface area contributed by atoms with Gasteiger partial charge in [0.25, 0.3) is 0 Å². The Balaban J connectivity index is 2.92. The van der Waals surface area contributed by atoms with Crippen LogP contribution in [-0.2, 0) is 17.5 Å². The molecule has 0 radical (unpaired) electrons. The monoisotopic (exact) mass is 293 g/mol. The Hall–Kier alpha value is -1.63. The molecule has 0 aliphatic carbocycles. The summed E-state index contributed by atoms with van der Waals surface area (Å²) in [6.45, 7) is 2.19. The van der Waals surface area contributed by atoms with Gasteiger partial charge < -0.3 is 5.11 Å². The molecule has 0 aromatic heterocycles. The van der Waals surface area contributed by atoms with Crippen molar-refractivity contribution in [3.8, 4) is 0 Å². The van der Waals surface area contributed by atoms with Crippen molar-refractivity contribution in [1.82, 2.24) is 4.90 Å². The summed E-state index contributed by atoms with van der Waals surface area (Å²) >= 11 is 0. The lowest BCUT2D eigenvalue weighted by molar-refractivity contribution is -0.139. The van der Waals surface area contributed by atoms with Crippen LogP contribution in [0.25, 0.3) is 0 Å². The first-order chi connectivity index (χ1) is 9.24. The van der Waals surface area contributed by atoms with Crippen LogP contribution >= 0.6 is 0 Å². The van der Waals surface area contributed by atoms with E-state index in [0.717, 1.165) is 12.1 Å². The quantitative estimate of drug-likeness (QED) is 0.819. The maximum Gasteiger partial charge on any atom is 0.416 e. The van der Waals surface area contributed by atoms with Crippen LogP contribution in [0.5, 0.6) is 0 Å². The number of benzene rings is 1. The number of carboxylic acid groups (broad SMARTS) is 1. The fourth-order valence-corrected chi connectivity index (χ4v) is 1.79. The first-order valence-corrected chi connectivity index (χ1v) is 6.03. The molecule has 0 atom stereocenters. The highest BCUT2D eigenvalue weighted by Gasteiger charge is 2.34. The summed E-state index contributed by atoms with van der Waals surface area (Å²) in [4.78, 5) is 12.1. The molecule has 7 heteroatoms. The van der Waals surface area contributed by atoms with Gasteiger partial charge in [-0.3, -0.25) is 9.69 Å². The molecule has 0 bridgehead atoms. The van der Waals surface area contributed by atoms with Crippen molar-refractivity contribution < 1.29 is 27.5 Å². The van der Waals surface area contributed by atoms with Gasteiger partial charge in [0.05, 0.1) is 12.0 Å². The molecule has 0 amide bonds. The fraction of sp³-hybridized carbons (Fsp3) is 0.462. The molecule has 3 nitrogen and oxygen atoms in total. The number of carboxylic acids is 1. The third kappa shape index (κ3) is 4.80. The molecule has 0 heterocycles. The van der Waals surface area contributed by atoms with Crippen molar-refractivity contribution in [1.29, 1.82) is 0 Å². The molecular formula is C13H15F4NO2. The van der Waals surface area contributed by atoms with Crippen LogP contribution < -0.4 is 0 Å². The molecule has 0 saturated heterocycles. The maximum atomic E-state index is 13.0. The van der Waals surface area contributed by atoms with Gasteiger partial charge in [-0.1, -0.05) is 13.0 Å². The van der Waals surface area contributed by atoms with Gasteiger partial charge in [0, 0.05) is 13.1 Å². The zero-order chi connectivity index (χ0) is 15.3. The van der Waals surface area contributed by atoms with E-state index >= 15 is 0 Å². The van der Waals surface area contributed by atoms with Gasteiger partial charge in [-0.25, -0.2) is 4.39 Å². The largest absolute Gasteiger partial charge is 0.481 e. The van der Waals surface area contributed by atoms with E-state index in [-0.39, 0.29) is 25.1 Å². The Kier molecular flexibility index (Phi) is 5.50. The number of hydrogen-bond acceptors (Lipinski definition) is 2. The zero-order valence-electron chi connectivity index (χ0n) is 10.9. The highest BCUT2D eigenvalue weighted by molar-refractivity contribution is 5.66. The predicted molar refractivity (Wildman–Crippen MR) is 64.6 cm³/mol. The Labute approximate surface area is 113 Å². The summed E-state index contributed by atoms with van der Waals surface area (Å²) < 4.78 is 51.4. The average Bonchev–Trinajstić information content (AvgIpc) is 2.34. The third-order valence-electron chi connectivity index (χ3n) is 2.86. The van der Waals surface area contributed by atoms with Crippen LogP contribution in [0.1, 0.15) is 24.5 Å². The van der Waals surface area contributed by atoms with Gasteiger partial charge in [-0.05, 0) is 24.2 Å². The Bertz CT molecular complexity index is 474. The van der Waals surface area contributed by atoms with Crippen molar-refractivity contribution in [2.24, 2.45) is 0 Å². The SMILES string of the molecule is CCN(CCC(=O)O)Cc1ccc(F)cc1C(F)(F)F. The van der Waals surface area contributed by atoms with Gasteiger partial charge in [0.1, 0.15) is 5.82 Å². The number of carbonyl (C=O) groups is 1. The topological polar surface area (TPSA) is 40.5 Å². The van der Waals surface area contributed by atoms with Crippen LogP contribution in [-0.4, -0.2) is 29.1 Å². The van der Waals surface area contributed by atoms with Crippen molar-refractivity contribution in [3.63, 3.8) is 0 Å². The van der Waals surface area contributed by atoms with E-state index in [0.29, 0.717) is 12.6 Å². The van der Waals surface area contributed by atoms with E-state index in [1.807, 2.05) is 0 Å². The first kappa shape index (κ1) is 16.4. The Morgan fingerprint density at radius 3 is 2.50 bits per heavy atom. The van der Waals surface area contributed by atoms with E-state index in [9.17, 15) is 22.4 Å². The van der Waals surface area contributed by atoms with E-state index in [1.54, 1.807) is 11.8 Å². The van der Waals surface area contributed by atoms with E-state index < -0.39 is 23.5 Å². The van der Waals surface area contributed by atoms with Crippen molar-refractivity contribution in [2.75, 3.05) is 13.1 Å². The summed E-state index contributed by atoms with van der Waals surface area (Å²) in [7, 11) is 0. The fourth-order valence-electron chi connectivity index (χ4n) is 1.79. The lowest BCUT2D eigenvalue weighted by atomic mass is 10.1. The molecule has 112 valence electrons. The molecule has 1 aromatic rings. The van der Waals surface area contributed by atoms with Crippen LogP contribution in [0.2, 0.25) is 0 Å². The molecule has 20 heavy (non-hydrogen) atoms. The van der Waals surface area contributed by atoms with E-state index in [2.05, 4.69) is 0 Å². The second kappa shape index (κ2) is 6.69. The number of halogens is 4. The minimum atomic E-state index is -4.64. The minimum absolute atomic E-state index is 0.0638. The zero-order valence-corrected chi connectivity index (χ0v) is 10.9. The first-order valence-electron chi connectivity index (χ1n) is 6.03. The van der Waals surface area contributed by atoms with Gasteiger partial charge in [0.2, 0.25) is 0 Å². The Morgan fingerprint density at radius 2 is 2.00 bits per heavy atom. The summed E-state index contributed by atoms with van der Waals surface area (Å²) in [5, 5.41) is 8.59. The van der Waals surface area contributed by atoms with Crippen molar-refractivity contribution in [3.05, 3.63) is 35.1 Å². The molecule has 1 aromatic carbocycles. The number of rotatable bonds is 6. The van der Waals surface area contributed by atoms with Crippen molar-refractivity contribution >= 4 is 5.97 Å². The van der Waals surface area contributed by atoms with Crippen LogP contribution in [0, 0.1) is 5.82 Å². The standard InChI is InChI=1S/C13H15F4NO2/c1-2-18(6-5-12(19)20)8-9-3-4-10(14)7-11(9)13(15,16)17/h3-4,7H,2,5-6,8H2,1H3,(H,19,20). The van der Waals surface area contributed by atoms with E-state index in [1.165, 1.54) is 0 Å². The van der Waals surface area contributed by atoms with Crippen LogP contribution in [0.4, 0.5) is 17.6 Å².